The van der Waals surface area contributed by atoms with E-state index < -0.39 is 0 Å². The van der Waals surface area contributed by atoms with Crippen LogP contribution >= 0.6 is 11.6 Å². The molecule has 0 aliphatic carbocycles. The first-order chi connectivity index (χ1) is 12.0. The summed E-state index contributed by atoms with van der Waals surface area (Å²) in [5.41, 5.74) is 2.17. The molecule has 2 rings (SSSR count). The van der Waals surface area contributed by atoms with Gasteiger partial charge >= 0.3 is 5.97 Å². The van der Waals surface area contributed by atoms with Crippen LogP contribution in [0.4, 0.5) is 0 Å². The van der Waals surface area contributed by atoms with Gasteiger partial charge in [-0.25, -0.2) is 0 Å². The summed E-state index contributed by atoms with van der Waals surface area (Å²) in [6, 6.07) is 9.94. The van der Waals surface area contributed by atoms with Crippen molar-refractivity contribution in [1.82, 2.24) is 9.78 Å². The molecule has 1 heterocycles. The summed E-state index contributed by atoms with van der Waals surface area (Å²) >= 11 is 5.99. The second kappa shape index (κ2) is 9.02. The molecule has 0 bridgehead atoms. The molecular formula is C19H25ClN2O3. The molecule has 0 unspecified atom stereocenters. The van der Waals surface area contributed by atoms with Gasteiger partial charge in [-0.1, -0.05) is 23.7 Å². The molecule has 1 aromatic carbocycles. The van der Waals surface area contributed by atoms with Crippen LogP contribution in [0.2, 0.25) is 5.02 Å². The van der Waals surface area contributed by atoms with E-state index in [4.69, 9.17) is 21.1 Å². The number of methoxy groups -OCH3 is 2. The number of nitrogens with zero attached hydrogens (tertiary/aromatic N) is 2. The number of hydrogen-bond acceptors (Lipinski definition) is 4. The monoisotopic (exact) mass is 364 g/mol. The molecule has 5 nitrogen and oxygen atoms in total. The van der Waals surface area contributed by atoms with E-state index in [1.807, 2.05) is 35.0 Å². The third-order valence-electron chi connectivity index (χ3n) is 4.29. The first-order valence-corrected chi connectivity index (χ1v) is 8.71. The fourth-order valence-electron chi connectivity index (χ4n) is 2.99. The minimum absolute atomic E-state index is 0.0322. The molecule has 1 aromatic heterocycles. The molecule has 2 aromatic rings. The van der Waals surface area contributed by atoms with Gasteiger partial charge in [-0.05, 0) is 44.0 Å². The highest BCUT2D eigenvalue weighted by atomic mass is 35.5. The number of carbonyl (C=O) groups is 1. The Morgan fingerprint density at radius 3 is 2.44 bits per heavy atom. The van der Waals surface area contributed by atoms with Crippen molar-refractivity contribution >= 4 is 17.6 Å². The van der Waals surface area contributed by atoms with Crippen molar-refractivity contribution in [2.75, 3.05) is 14.2 Å². The SMILES string of the molecule is COC(=O)C[C@@H](OC)[C@H](Cc1ccc(Cl)cc1)c1ccnn1C(C)C. The lowest BCUT2D eigenvalue weighted by Crippen LogP contribution is -2.29. The number of aromatic nitrogens is 2. The molecule has 0 amide bonds. The van der Waals surface area contributed by atoms with Crippen molar-refractivity contribution in [3.63, 3.8) is 0 Å². The predicted molar refractivity (Wildman–Crippen MR) is 97.9 cm³/mol. The summed E-state index contributed by atoms with van der Waals surface area (Å²) in [6.07, 6.45) is 2.38. The Labute approximate surface area is 153 Å². The molecule has 0 saturated carbocycles. The minimum atomic E-state index is -0.308. The third kappa shape index (κ3) is 5.06. The largest absolute Gasteiger partial charge is 0.469 e. The van der Waals surface area contributed by atoms with Crippen LogP contribution in [0, 0.1) is 0 Å². The molecule has 6 heteroatoms. The first kappa shape index (κ1) is 19.5. The smallest absolute Gasteiger partial charge is 0.308 e. The van der Waals surface area contributed by atoms with E-state index >= 15 is 0 Å². The van der Waals surface area contributed by atoms with Crippen molar-refractivity contribution < 1.29 is 14.3 Å². The number of esters is 1. The van der Waals surface area contributed by atoms with Gasteiger partial charge in [0.15, 0.2) is 0 Å². The molecule has 0 fully saturated rings. The van der Waals surface area contributed by atoms with Gasteiger partial charge in [0.05, 0.1) is 19.6 Å². The van der Waals surface area contributed by atoms with Crippen molar-refractivity contribution in [2.45, 2.75) is 44.8 Å². The van der Waals surface area contributed by atoms with Crippen LogP contribution in [0.1, 0.15) is 43.5 Å². The third-order valence-corrected chi connectivity index (χ3v) is 4.54. The highest BCUT2D eigenvalue weighted by Gasteiger charge is 2.29. The van der Waals surface area contributed by atoms with Gasteiger partial charge in [-0.2, -0.15) is 5.10 Å². The number of carbonyl (C=O) groups excluding carboxylic acids is 1. The van der Waals surface area contributed by atoms with Crippen molar-refractivity contribution in [2.24, 2.45) is 0 Å². The Bertz CT molecular complexity index is 682. The van der Waals surface area contributed by atoms with E-state index in [-0.39, 0.29) is 30.5 Å². The number of halogens is 1. The molecule has 136 valence electrons. The maximum absolute atomic E-state index is 11.8. The van der Waals surface area contributed by atoms with Gasteiger partial charge in [-0.3, -0.25) is 9.48 Å². The Morgan fingerprint density at radius 2 is 1.88 bits per heavy atom. The highest BCUT2D eigenvalue weighted by molar-refractivity contribution is 6.30. The van der Waals surface area contributed by atoms with Crippen LogP contribution in [0.5, 0.6) is 0 Å². The average Bonchev–Trinajstić information content (AvgIpc) is 3.09. The van der Waals surface area contributed by atoms with Crippen molar-refractivity contribution in [1.29, 1.82) is 0 Å². The van der Waals surface area contributed by atoms with Gasteiger partial charge in [0.25, 0.3) is 0 Å². The minimum Gasteiger partial charge on any atom is -0.469 e. The number of ether oxygens (including phenoxy) is 2. The predicted octanol–water partition coefficient (Wildman–Crippen LogP) is 4.02. The summed E-state index contributed by atoms with van der Waals surface area (Å²) in [6.45, 7) is 4.16. The highest BCUT2D eigenvalue weighted by Crippen LogP contribution is 2.30. The van der Waals surface area contributed by atoms with Gasteiger partial charge in [-0.15, -0.1) is 0 Å². The van der Waals surface area contributed by atoms with Gasteiger partial charge in [0, 0.05) is 36.0 Å². The quantitative estimate of drug-likeness (QED) is 0.664. The van der Waals surface area contributed by atoms with E-state index in [0.717, 1.165) is 11.3 Å². The Kier molecular flexibility index (Phi) is 7.02. The fraction of sp³-hybridized carbons (Fsp3) is 0.474. The van der Waals surface area contributed by atoms with Gasteiger partial charge in [0.1, 0.15) is 0 Å². The first-order valence-electron chi connectivity index (χ1n) is 8.33. The van der Waals surface area contributed by atoms with Gasteiger partial charge < -0.3 is 9.47 Å². The molecule has 2 atom stereocenters. The lowest BCUT2D eigenvalue weighted by Gasteiger charge is -2.27. The summed E-state index contributed by atoms with van der Waals surface area (Å²) in [5.74, 6) is -0.321. The zero-order valence-electron chi connectivity index (χ0n) is 15.1. The van der Waals surface area contributed by atoms with Crippen LogP contribution in [0.25, 0.3) is 0 Å². The fourth-order valence-corrected chi connectivity index (χ4v) is 3.11. The van der Waals surface area contributed by atoms with E-state index in [1.165, 1.54) is 7.11 Å². The Hall–Kier alpha value is -1.85. The molecule has 0 spiro atoms. The summed E-state index contributed by atoms with van der Waals surface area (Å²) in [7, 11) is 3.01. The summed E-state index contributed by atoms with van der Waals surface area (Å²) in [4.78, 5) is 11.8. The summed E-state index contributed by atoms with van der Waals surface area (Å²) in [5, 5.41) is 5.13. The second-order valence-corrected chi connectivity index (χ2v) is 6.72. The van der Waals surface area contributed by atoms with E-state index in [1.54, 1.807) is 13.3 Å². The maximum Gasteiger partial charge on any atom is 0.308 e. The molecule has 0 saturated heterocycles. The standard InChI is InChI=1S/C19H25ClN2O3/c1-13(2)22-17(9-10-21-22)16(18(24-3)12-19(23)25-4)11-14-5-7-15(20)8-6-14/h5-10,13,16,18H,11-12H2,1-4H3/t16-,18-/m1/s1. The molecule has 0 N–H and O–H groups in total. The van der Waals surface area contributed by atoms with E-state index in [9.17, 15) is 4.79 Å². The number of benzene rings is 1. The van der Waals surface area contributed by atoms with E-state index in [2.05, 4.69) is 18.9 Å². The molecule has 0 radical (unpaired) electrons. The average molecular weight is 365 g/mol. The van der Waals surface area contributed by atoms with Crippen LogP contribution in [-0.2, 0) is 20.7 Å². The Morgan fingerprint density at radius 1 is 1.20 bits per heavy atom. The lowest BCUT2D eigenvalue weighted by molar-refractivity contribution is -0.143. The van der Waals surface area contributed by atoms with Crippen molar-refractivity contribution in [3.8, 4) is 0 Å². The molecule has 25 heavy (non-hydrogen) atoms. The zero-order valence-corrected chi connectivity index (χ0v) is 15.9. The number of hydrogen-bond donors (Lipinski definition) is 0. The van der Waals surface area contributed by atoms with Crippen LogP contribution in [0.3, 0.4) is 0 Å². The second-order valence-electron chi connectivity index (χ2n) is 6.29. The lowest BCUT2D eigenvalue weighted by atomic mass is 9.89. The topological polar surface area (TPSA) is 53.4 Å². The summed E-state index contributed by atoms with van der Waals surface area (Å²) < 4.78 is 12.5. The molecular weight excluding hydrogens is 340 g/mol. The van der Waals surface area contributed by atoms with Crippen molar-refractivity contribution in [3.05, 3.63) is 52.8 Å². The van der Waals surface area contributed by atoms with Crippen LogP contribution in [0.15, 0.2) is 36.5 Å². The van der Waals surface area contributed by atoms with E-state index in [0.29, 0.717) is 11.4 Å². The maximum atomic E-state index is 11.8. The molecule has 0 aliphatic rings. The van der Waals surface area contributed by atoms with Crippen LogP contribution in [-0.4, -0.2) is 36.1 Å². The van der Waals surface area contributed by atoms with Crippen LogP contribution < -0.4 is 0 Å². The molecule has 0 aliphatic heterocycles. The number of rotatable bonds is 8. The Balaban J connectivity index is 2.37. The normalized spacial score (nSPS) is 13.7. The zero-order chi connectivity index (χ0) is 18.4. The van der Waals surface area contributed by atoms with Gasteiger partial charge in [0.2, 0.25) is 0 Å².